The van der Waals surface area contributed by atoms with Crippen LogP contribution in [0.1, 0.15) is 44.9 Å². The highest BCUT2D eigenvalue weighted by molar-refractivity contribution is 5.80. The summed E-state index contributed by atoms with van der Waals surface area (Å²) >= 11 is 0. The summed E-state index contributed by atoms with van der Waals surface area (Å²) in [5.41, 5.74) is 0. The average molecular weight is 308 g/mol. The van der Waals surface area contributed by atoms with E-state index < -0.39 is 5.79 Å². The Hall–Kier alpha value is -0.650. The van der Waals surface area contributed by atoms with Crippen LogP contribution in [0.2, 0.25) is 0 Å². The molecule has 4 aliphatic rings. The van der Waals surface area contributed by atoms with Crippen LogP contribution in [-0.2, 0) is 14.3 Å². The minimum Gasteiger partial charge on any atom is -0.347 e. The lowest BCUT2D eigenvalue weighted by Gasteiger charge is -2.40. The molecule has 4 fully saturated rings. The highest BCUT2D eigenvalue weighted by atomic mass is 16.7. The number of hydrogen-bond donors (Lipinski definition) is 0. The van der Waals surface area contributed by atoms with Crippen molar-refractivity contribution in [1.82, 2.24) is 9.80 Å². The predicted octanol–water partition coefficient (Wildman–Crippen LogP) is 1.62. The standard InChI is InChI=1S/C17H28N2O3/c20-16(15-6-3-7-17(15)21-12-13-22-17)19-10-8-18(9-11-19)14-4-1-2-5-14/h14-15H,1-13H2/t15-/m0/s1. The molecule has 0 unspecified atom stereocenters. The van der Waals surface area contributed by atoms with E-state index in [-0.39, 0.29) is 11.8 Å². The minimum absolute atomic E-state index is 0.0759. The van der Waals surface area contributed by atoms with E-state index in [0.29, 0.717) is 13.2 Å². The first-order valence-electron chi connectivity index (χ1n) is 9.09. The fourth-order valence-corrected chi connectivity index (χ4v) is 4.87. The Morgan fingerprint density at radius 1 is 0.909 bits per heavy atom. The van der Waals surface area contributed by atoms with Gasteiger partial charge in [0.25, 0.3) is 0 Å². The van der Waals surface area contributed by atoms with Crippen molar-refractivity contribution in [3.63, 3.8) is 0 Å². The second-order valence-corrected chi connectivity index (χ2v) is 7.25. The Balaban J connectivity index is 1.35. The van der Waals surface area contributed by atoms with E-state index in [4.69, 9.17) is 9.47 Å². The van der Waals surface area contributed by atoms with Crippen LogP contribution in [0.25, 0.3) is 0 Å². The number of hydrogen-bond acceptors (Lipinski definition) is 4. The first kappa shape index (κ1) is 14.9. The Morgan fingerprint density at radius 2 is 1.59 bits per heavy atom. The molecule has 0 aromatic heterocycles. The number of piperazine rings is 1. The van der Waals surface area contributed by atoms with E-state index >= 15 is 0 Å². The van der Waals surface area contributed by atoms with E-state index in [1.165, 1.54) is 25.7 Å². The molecule has 2 saturated carbocycles. The zero-order chi connectivity index (χ0) is 15.0. The number of nitrogens with zero attached hydrogens (tertiary/aromatic N) is 2. The normalized spacial score (nSPS) is 33.1. The lowest BCUT2D eigenvalue weighted by atomic mass is 10.00. The van der Waals surface area contributed by atoms with E-state index in [1.54, 1.807) is 0 Å². The van der Waals surface area contributed by atoms with Crippen molar-refractivity contribution in [2.75, 3.05) is 39.4 Å². The molecule has 2 saturated heterocycles. The van der Waals surface area contributed by atoms with Gasteiger partial charge in [0, 0.05) is 38.6 Å². The maximum Gasteiger partial charge on any atom is 0.231 e. The van der Waals surface area contributed by atoms with Gasteiger partial charge in [-0.05, 0) is 25.7 Å². The first-order valence-corrected chi connectivity index (χ1v) is 9.09. The highest BCUT2D eigenvalue weighted by Gasteiger charge is 2.52. The van der Waals surface area contributed by atoms with Crippen molar-refractivity contribution < 1.29 is 14.3 Å². The Kier molecular flexibility index (Phi) is 4.13. The number of carbonyl (C=O) groups is 1. The van der Waals surface area contributed by atoms with Crippen LogP contribution in [0.15, 0.2) is 0 Å². The fraction of sp³-hybridized carbons (Fsp3) is 0.941. The Morgan fingerprint density at radius 3 is 2.27 bits per heavy atom. The van der Waals surface area contributed by atoms with Crippen molar-refractivity contribution in [2.45, 2.75) is 56.8 Å². The van der Waals surface area contributed by atoms with Crippen LogP contribution in [0, 0.1) is 5.92 Å². The van der Waals surface area contributed by atoms with Crippen molar-refractivity contribution >= 4 is 5.91 Å². The van der Waals surface area contributed by atoms with Gasteiger partial charge in [-0.3, -0.25) is 9.69 Å². The molecule has 5 heteroatoms. The second kappa shape index (κ2) is 6.10. The zero-order valence-corrected chi connectivity index (χ0v) is 13.5. The van der Waals surface area contributed by atoms with Gasteiger partial charge in [-0.15, -0.1) is 0 Å². The largest absolute Gasteiger partial charge is 0.347 e. The number of ether oxygens (including phenoxy) is 2. The maximum atomic E-state index is 12.9. The smallest absolute Gasteiger partial charge is 0.231 e. The molecule has 5 nitrogen and oxygen atoms in total. The van der Waals surface area contributed by atoms with Gasteiger partial charge < -0.3 is 14.4 Å². The third-order valence-corrected chi connectivity index (χ3v) is 6.09. The molecule has 0 aromatic rings. The molecular formula is C17H28N2O3. The molecule has 0 radical (unpaired) electrons. The molecule has 124 valence electrons. The van der Waals surface area contributed by atoms with Gasteiger partial charge in [-0.25, -0.2) is 0 Å². The summed E-state index contributed by atoms with van der Waals surface area (Å²) in [5.74, 6) is -0.391. The fourth-order valence-electron chi connectivity index (χ4n) is 4.87. The van der Waals surface area contributed by atoms with Crippen LogP contribution >= 0.6 is 0 Å². The topological polar surface area (TPSA) is 42.0 Å². The monoisotopic (exact) mass is 308 g/mol. The van der Waals surface area contributed by atoms with E-state index in [1.807, 2.05) is 0 Å². The van der Waals surface area contributed by atoms with Gasteiger partial charge >= 0.3 is 0 Å². The van der Waals surface area contributed by atoms with Gasteiger partial charge in [0.05, 0.1) is 19.1 Å². The number of amides is 1. The van der Waals surface area contributed by atoms with Crippen LogP contribution < -0.4 is 0 Å². The molecule has 1 spiro atoms. The van der Waals surface area contributed by atoms with E-state index in [2.05, 4.69) is 9.80 Å². The molecule has 0 bridgehead atoms. The van der Waals surface area contributed by atoms with Gasteiger partial charge in [-0.2, -0.15) is 0 Å². The lowest BCUT2D eigenvalue weighted by Crippen LogP contribution is -2.55. The zero-order valence-electron chi connectivity index (χ0n) is 13.5. The van der Waals surface area contributed by atoms with Gasteiger partial charge in [0.15, 0.2) is 5.79 Å². The maximum absolute atomic E-state index is 12.9. The third kappa shape index (κ3) is 2.57. The molecule has 4 rings (SSSR count). The molecule has 1 amide bonds. The van der Waals surface area contributed by atoms with Crippen molar-refractivity contribution in [3.05, 3.63) is 0 Å². The molecular weight excluding hydrogens is 280 g/mol. The molecule has 0 aromatic carbocycles. The van der Waals surface area contributed by atoms with Gasteiger partial charge in [0.2, 0.25) is 5.91 Å². The number of rotatable bonds is 2. The summed E-state index contributed by atoms with van der Waals surface area (Å²) in [5, 5.41) is 0. The quantitative estimate of drug-likeness (QED) is 0.777. The summed E-state index contributed by atoms with van der Waals surface area (Å²) in [6.07, 6.45) is 8.29. The summed E-state index contributed by atoms with van der Waals surface area (Å²) < 4.78 is 11.7. The molecule has 1 atom stereocenters. The summed E-state index contributed by atoms with van der Waals surface area (Å²) in [6.45, 7) is 5.11. The minimum atomic E-state index is -0.584. The van der Waals surface area contributed by atoms with Crippen molar-refractivity contribution in [1.29, 1.82) is 0 Å². The van der Waals surface area contributed by atoms with Gasteiger partial charge in [-0.1, -0.05) is 12.8 Å². The predicted molar refractivity (Wildman–Crippen MR) is 82.4 cm³/mol. The van der Waals surface area contributed by atoms with Gasteiger partial charge in [0.1, 0.15) is 0 Å². The summed E-state index contributed by atoms with van der Waals surface area (Å²) in [4.78, 5) is 17.6. The molecule has 22 heavy (non-hydrogen) atoms. The number of carbonyl (C=O) groups excluding carboxylic acids is 1. The molecule has 0 N–H and O–H groups in total. The lowest BCUT2D eigenvalue weighted by molar-refractivity contribution is -0.192. The van der Waals surface area contributed by atoms with E-state index in [0.717, 1.165) is 51.5 Å². The molecule has 2 aliphatic heterocycles. The summed E-state index contributed by atoms with van der Waals surface area (Å²) in [7, 11) is 0. The third-order valence-electron chi connectivity index (χ3n) is 6.09. The average Bonchev–Trinajstić information content (AvgIpc) is 3.30. The molecule has 2 heterocycles. The van der Waals surface area contributed by atoms with Crippen LogP contribution in [0.5, 0.6) is 0 Å². The van der Waals surface area contributed by atoms with Crippen LogP contribution in [-0.4, -0.2) is 66.9 Å². The Labute approximate surface area is 132 Å². The van der Waals surface area contributed by atoms with E-state index in [9.17, 15) is 4.79 Å². The summed E-state index contributed by atoms with van der Waals surface area (Å²) in [6, 6.07) is 0.775. The van der Waals surface area contributed by atoms with Crippen molar-refractivity contribution in [2.24, 2.45) is 5.92 Å². The first-order chi connectivity index (χ1) is 10.8. The highest BCUT2D eigenvalue weighted by Crippen LogP contribution is 2.43. The SMILES string of the molecule is O=C([C@@H]1CCCC12OCCO2)N1CCN(C2CCCC2)CC1. The van der Waals surface area contributed by atoms with Crippen molar-refractivity contribution in [3.8, 4) is 0 Å². The van der Waals surface area contributed by atoms with Crippen LogP contribution in [0.4, 0.5) is 0 Å². The van der Waals surface area contributed by atoms with Crippen LogP contribution in [0.3, 0.4) is 0 Å². The molecule has 2 aliphatic carbocycles. The Bertz CT molecular complexity index is 403. The second-order valence-electron chi connectivity index (χ2n) is 7.25.